The lowest BCUT2D eigenvalue weighted by molar-refractivity contribution is 0.168. The van der Waals surface area contributed by atoms with Gasteiger partial charge in [-0.15, -0.1) is 0 Å². The van der Waals surface area contributed by atoms with E-state index in [2.05, 4.69) is 9.97 Å². The predicted octanol–water partition coefficient (Wildman–Crippen LogP) is 14.0. The summed E-state index contributed by atoms with van der Waals surface area (Å²) in [5, 5.41) is 0. The fraction of sp³-hybridized carbons (Fsp3) is 0.821. The summed E-state index contributed by atoms with van der Waals surface area (Å²) in [6.45, 7) is 0. The number of aryl methyl sites for hydroxylation is 1. The Morgan fingerprint density at radius 2 is 0.688 bits per heavy atom. The molecule has 2 aromatic heterocycles. The fourth-order valence-corrected chi connectivity index (χ4v) is 17.5. The molecule has 8 heteroatoms. The summed E-state index contributed by atoms with van der Waals surface area (Å²) in [6.07, 6.45) is 43.2. The average molecular weight is 865 g/mol. The van der Waals surface area contributed by atoms with Crippen molar-refractivity contribution in [2.24, 2.45) is 47.3 Å². The molecule has 8 aliphatic carbocycles. The molecule has 10 atom stereocenters. The minimum atomic E-state index is 0.356. The Balaban J connectivity index is 0.966. The van der Waals surface area contributed by atoms with Crippen molar-refractivity contribution < 1.29 is 0 Å². The summed E-state index contributed by atoms with van der Waals surface area (Å²) >= 11 is 0. The van der Waals surface area contributed by atoms with Crippen molar-refractivity contribution in [2.75, 3.05) is 0 Å². The molecule has 13 rings (SSSR count). The second-order valence-electron chi connectivity index (χ2n) is 24.2. The van der Waals surface area contributed by atoms with Crippen LogP contribution < -0.4 is 0 Å². The quantitative estimate of drug-likeness (QED) is 0.317. The van der Waals surface area contributed by atoms with Crippen LogP contribution in [0.4, 0.5) is 0 Å². The molecule has 0 spiro atoms. The van der Waals surface area contributed by atoms with Crippen molar-refractivity contribution >= 4 is 11.3 Å². The Hall–Kier alpha value is -2.90. The fourth-order valence-electron chi connectivity index (χ4n) is 17.5. The second-order valence-corrected chi connectivity index (χ2v) is 24.2. The van der Waals surface area contributed by atoms with Crippen LogP contribution in [0, 0.1) is 47.3 Å². The van der Waals surface area contributed by atoms with Crippen LogP contribution in [-0.4, -0.2) is 39.9 Å². The van der Waals surface area contributed by atoms with Gasteiger partial charge in [0, 0.05) is 46.6 Å². The summed E-state index contributed by atoms with van der Waals surface area (Å²) in [5.41, 5.74) is 5.04. The first kappa shape index (κ1) is 41.3. The first-order valence-electron chi connectivity index (χ1n) is 28.2. The molecule has 11 aliphatic rings. The maximum absolute atomic E-state index is 5.82. The van der Waals surface area contributed by atoms with Crippen LogP contribution in [0.5, 0.6) is 0 Å². The molecule has 344 valence electrons. The number of hydrogen-bond donors (Lipinski definition) is 2. The molecular formula is C56H80N8. The molecular weight excluding hydrogens is 785 g/mol. The van der Waals surface area contributed by atoms with Crippen molar-refractivity contribution in [3.63, 3.8) is 0 Å². The number of nitrogens with one attached hydrogen (secondary N) is 2. The van der Waals surface area contributed by atoms with E-state index in [0.29, 0.717) is 35.5 Å². The molecule has 8 bridgehead atoms. The number of rotatable bonds is 4. The lowest BCUT2D eigenvalue weighted by Gasteiger charge is -2.38. The maximum atomic E-state index is 5.82. The number of aromatic amines is 2. The molecule has 5 heterocycles. The third-order valence-electron chi connectivity index (χ3n) is 21.0. The van der Waals surface area contributed by atoms with Crippen LogP contribution in [-0.2, 0) is 12.8 Å². The highest BCUT2D eigenvalue weighted by Gasteiger charge is 2.47. The summed E-state index contributed by atoms with van der Waals surface area (Å²) in [7, 11) is 0. The molecule has 0 radical (unpaired) electrons. The van der Waals surface area contributed by atoms with Crippen molar-refractivity contribution in [3.05, 3.63) is 46.1 Å². The summed E-state index contributed by atoms with van der Waals surface area (Å²) in [5.74, 6) is 15.5. The van der Waals surface area contributed by atoms with Crippen molar-refractivity contribution in [1.82, 2.24) is 39.9 Å². The van der Waals surface area contributed by atoms with Gasteiger partial charge < -0.3 is 9.97 Å². The maximum Gasteiger partial charge on any atom is 0.137 e. The number of hydrogen-bond acceptors (Lipinski definition) is 6. The van der Waals surface area contributed by atoms with Gasteiger partial charge in [0.1, 0.15) is 46.2 Å². The molecule has 3 aliphatic heterocycles. The Kier molecular flexibility index (Phi) is 11.4. The first-order chi connectivity index (χ1) is 31.7. The van der Waals surface area contributed by atoms with E-state index < -0.39 is 0 Å². The second kappa shape index (κ2) is 17.6. The average Bonchev–Trinajstić information content (AvgIpc) is 4.10. The minimum absolute atomic E-state index is 0.356. The number of nitrogens with zero attached hydrogens (tertiary/aromatic N) is 6. The van der Waals surface area contributed by atoms with E-state index in [-0.39, 0.29) is 0 Å². The van der Waals surface area contributed by atoms with Crippen LogP contribution in [0.2, 0.25) is 0 Å². The SMILES string of the molecule is C1CCC(C2CCc3c(c4nc5nc(nc6[nH]c(nc7nc(nc3[nH]4)C3CC(C4CCCCC4)CCC73)C3CC(C4CCCCC4)CCC63)C3CC(C4CCCCC4)CCC53)C2)CC1. The van der Waals surface area contributed by atoms with Gasteiger partial charge in [0.25, 0.3) is 0 Å². The van der Waals surface area contributed by atoms with Crippen LogP contribution in [0.3, 0.4) is 0 Å². The van der Waals surface area contributed by atoms with Gasteiger partial charge in [-0.3, -0.25) is 0 Å². The van der Waals surface area contributed by atoms with Gasteiger partial charge in [-0.2, -0.15) is 0 Å². The Morgan fingerprint density at radius 3 is 1.22 bits per heavy atom. The third-order valence-corrected chi connectivity index (χ3v) is 21.0. The molecule has 7 fully saturated rings. The zero-order valence-electron chi connectivity index (χ0n) is 39.4. The van der Waals surface area contributed by atoms with Crippen molar-refractivity contribution in [3.8, 4) is 0 Å². The lowest BCUT2D eigenvalue weighted by Crippen LogP contribution is -2.28. The molecule has 2 aromatic rings. The Labute approximate surface area is 384 Å². The van der Waals surface area contributed by atoms with Crippen LogP contribution in [0.1, 0.15) is 274 Å². The van der Waals surface area contributed by atoms with Gasteiger partial charge in [0.05, 0.1) is 0 Å². The first-order valence-corrected chi connectivity index (χ1v) is 28.2. The number of aromatic nitrogens is 8. The lowest BCUT2D eigenvalue weighted by atomic mass is 9.66. The largest absolute Gasteiger partial charge is 0.331 e. The van der Waals surface area contributed by atoms with E-state index >= 15 is 0 Å². The van der Waals surface area contributed by atoms with Crippen molar-refractivity contribution in [1.29, 1.82) is 0 Å². The zero-order chi connectivity index (χ0) is 42.1. The highest BCUT2D eigenvalue weighted by molar-refractivity contribution is 5.66. The van der Waals surface area contributed by atoms with Gasteiger partial charge in [0.15, 0.2) is 0 Å². The van der Waals surface area contributed by atoms with Crippen molar-refractivity contribution in [2.45, 2.75) is 241 Å². The molecule has 8 nitrogen and oxygen atoms in total. The zero-order valence-corrected chi connectivity index (χ0v) is 39.4. The highest BCUT2D eigenvalue weighted by atomic mass is 15.1. The molecule has 64 heavy (non-hydrogen) atoms. The summed E-state index contributed by atoms with van der Waals surface area (Å²) in [4.78, 5) is 42.5. The van der Waals surface area contributed by atoms with Crippen LogP contribution in [0.15, 0.2) is 0 Å². The number of H-pyrrole nitrogens is 2. The van der Waals surface area contributed by atoms with Gasteiger partial charge in [0.2, 0.25) is 0 Å². The topological polar surface area (TPSA) is 109 Å². The summed E-state index contributed by atoms with van der Waals surface area (Å²) in [6, 6.07) is 0. The Bertz CT molecular complexity index is 2200. The molecule has 2 N–H and O–H groups in total. The predicted molar refractivity (Wildman–Crippen MR) is 254 cm³/mol. The van der Waals surface area contributed by atoms with Gasteiger partial charge >= 0.3 is 0 Å². The molecule has 10 unspecified atom stereocenters. The molecule has 0 amide bonds. The normalized spacial score (nSPS) is 36.1. The van der Waals surface area contributed by atoms with E-state index in [0.717, 1.165) is 94.8 Å². The standard InChI is InChI=1S/C56H80N8/c1-5-13-33(14-6-1)37-21-25-41-45(29-37)53-57-49(41)62-54-47-31-39(35-17-9-3-10-18-35)23-27-43(47)51(59-54)64-56-48-32-40(36-19-11-4-12-20-36)24-28-44(48)52(60-56)63-55-46-30-38(34-15-7-2-8-16-34)22-26-42(46)50(58-55)61-53/h33-43,45-47,60H,1-32H2,(H,57,58,59,61,62,63,64). The monoisotopic (exact) mass is 865 g/mol. The van der Waals surface area contributed by atoms with E-state index in [1.54, 1.807) is 0 Å². The van der Waals surface area contributed by atoms with E-state index in [1.165, 1.54) is 215 Å². The van der Waals surface area contributed by atoms with E-state index in [1.807, 2.05) is 0 Å². The molecule has 0 aromatic carbocycles. The van der Waals surface area contributed by atoms with E-state index in [9.17, 15) is 0 Å². The van der Waals surface area contributed by atoms with Gasteiger partial charge in [-0.05, 0) is 124 Å². The van der Waals surface area contributed by atoms with E-state index in [4.69, 9.17) is 29.9 Å². The molecule has 7 saturated carbocycles. The van der Waals surface area contributed by atoms with Crippen LogP contribution >= 0.6 is 0 Å². The smallest absolute Gasteiger partial charge is 0.137 e. The minimum Gasteiger partial charge on any atom is -0.331 e. The van der Waals surface area contributed by atoms with Gasteiger partial charge in [-0.25, -0.2) is 29.9 Å². The Morgan fingerprint density at radius 1 is 0.281 bits per heavy atom. The van der Waals surface area contributed by atoms with Crippen LogP contribution in [0.25, 0.3) is 11.3 Å². The molecule has 0 saturated heterocycles. The third kappa shape index (κ3) is 7.69. The summed E-state index contributed by atoms with van der Waals surface area (Å²) < 4.78 is 0. The number of fused-ring (bicyclic) bond motifs is 20. The highest BCUT2D eigenvalue weighted by Crippen LogP contribution is 2.55. The van der Waals surface area contributed by atoms with Gasteiger partial charge in [-0.1, -0.05) is 128 Å².